The highest BCUT2D eigenvalue weighted by molar-refractivity contribution is 7.89. The maximum Gasteiger partial charge on any atom is 0.322 e. The third-order valence-corrected chi connectivity index (χ3v) is 4.63. The molecule has 2 atom stereocenters. The van der Waals surface area contributed by atoms with E-state index in [1.807, 2.05) is 0 Å². The zero-order valence-corrected chi connectivity index (χ0v) is 10.1. The Bertz CT molecular complexity index is 364. The first kappa shape index (κ1) is 13.4. The molecule has 0 aliphatic carbocycles. The summed E-state index contributed by atoms with van der Waals surface area (Å²) in [5, 5.41) is 18.2. The Morgan fingerprint density at radius 1 is 1.50 bits per heavy atom. The molecule has 0 bridgehead atoms. The summed E-state index contributed by atoms with van der Waals surface area (Å²) in [4.78, 5) is 10.9. The zero-order chi connectivity index (χ0) is 12.5. The smallest absolute Gasteiger partial charge is 0.322 e. The Balaban J connectivity index is 2.89. The van der Waals surface area contributed by atoms with Crippen molar-refractivity contribution in [2.45, 2.75) is 32.4 Å². The predicted molar refractivity (Wildman–Crippen MR) is 57.4 cm³/mol. The van der Waals surface area contributed by atoms with E-state index in [4.69, 9.17) is 5.11 Å². The number of nitrogens with zero attached hydrogens (tertiary/aromatic N) is 1. The van der Waals surface area contributed by atoms with Gasteiger partial charge < -0.3 is 10.2 Å². The molecule has 94 valence electrons. The van der Waals surface area contributed by atoms with Crippen LogP contribution in [0.1, 0.15) is 20.3 Å². The van der Waals surface area contributed by atoms with Gasteiger partial charge in [0.25, 0.3) is 0 Å². The van der Waals surface area contributed by atoms with Crippen molar-refractivity contribution < 1.29 is 23.4 Å². The molecule has 1 fully saturated rings. The number of carbonyl (C=O) groups is 1. The maximum absolute atomic E-state index is 11.9. The van der Waals surface area contributed by atoms with Gasteiger partial charge in [-0.15, -0.1) is 0 Å². The molecule has 1 heterocycles. The van der Waals surface area contributed by atoms with Gasteiger partial charge in [0.15, 0.2) is 0 Å². The summed E-state index contributed by atoms with van der Waals surface area (Å²) in [7, 11) is -3.59. The third kappa shape index (κ3) is 2.93. The first-order valence-corrected chi connectivity index (χ1v) is 6.75. The minimum atomic E-state index is -3.59. The van der Waals surface area contributed by atoms with Crippen molar-refractivity contribution in [3.63, 3.8) is 0 Å². The van der Waals surface area contributed by atoms with Crippen molar-refractivity contribution >= 4 is 16.0 Å². The van der Waals surface area contributed by atoms with Crippen LogP contribution in [0.4, 0.5) is 0 Å². The van der Waals surface area contributed by atoms with Crippen molar-refractivity contribution in [2.75, 3.05) is 12.3 Å². The Kier molecular flexibility index (Phi) is 3.92. The maximum atomic E-state index is 11.9. The highest BCUT2D eigenvalue weighted by atomic mass is 32.2. The fraction of sp³-hybridized carbons (Fsp3) is 0.889. The first-order valence-electron chi connectivity index (χ1n) is 5.14. The molecule has 7 heteroatoms. The van der Waals surface area contributed by atoms with Gasteiger partial charge in [-0.25, -0.2) is 8.42 Å². The highest BCUT2D eigenvalue weighted by Gasteiger charge is 2.42. The molecule has 0 spiro atoms. The summed E-state index contributed by atoms with van der Waals surface area (Å²) in [5.41, 5.74) is 0. The van der Waals surface area contributed by atoms with Gasteiger partial charge in [-0.3, -0.25) is 4.79 Å². The van der Waals surface area contributed by atoms with Crippen molar-refractivity contribution in [3.8, 4) is 0 Å². The second-order valence-corrected chi connectivity index (χ2v) is 6.45. The Morgan fingerprint density at radius 3 is 2.50 bits per heavy atom. The van der Waals surface area contributed by atoms with Gasteiger partial charge in [-0.2, -0.15) is 4.31 Å². The number of β-amino-alcohol motifs (C(OH)–C–C–N with tert-alkyl or cyclic N) is 1. The lowest BCUT2D eigenvalue weighted by Crippen LogP contribution is -2.42. The molecule has 1 saturated heterocycles. The van der Waals surface area contributed by atoms with Crippen LogP contribution in [-0.4, -0.2) is 53.3 Å². The molecule has 0 aromatic rings. The number of hydrogen-bond acceptors (Lipinski definition) is 4. The monoisotopic (exact) mass is 251 g/mol. The van der Waals surface area contributed by atoms with Crippen LogP contribution in [0.2, 0.25) is 0 Å². The molecule has 0 saturated carbocycles. The van der Waals surface area contributed by atoms with Gasteiger partial charge in [0.2, 0.25) is 10.0 Å². The van der Waals surface area contributed by atoms with Gasteiger partial charge in [-0.1, -0.05) is 13.8 Å². The van der Waals surface area contributed by atoms with Crippen LogP contribution < -0.4 is 0 Å². The number of sulfonamides is 1. The van der Waals surface area contributed by atoms with Gasteiger partial charge in [-0.05, 0) is 5.92 Å². The quantitative estimate of drug-likeness (QED) is 0.702. The molecule has 0 amide bonds. The van der Waals surface area contributed by atoms with E-state index in [1.165, 1.54) is 0 Å². The first-order chi connectivity index (χ1) is 7.24. The number of aliphatic hydroxyl groups is 1. The van der Waals surface area contributed by atoms with Crippen LogP contribution in [0, 0.1) is 5.92 Å². The normalized spacial score (nSPS) is 27.5. The fourth-order valence-corrected chi connectivity index (χ4v) is 3.83. The van der Waals surface area contributed by atoms with E-state index in [0.717, 1.165) is 4.31 Å². The van der Waals surface area contributed by atoms with Crippen molar-refractivity contribution in [3.05, 3.63) is 0 Å². The van der Waals surface area contributed by atoms with Crippen LogP contribution in [-0.2, 0) is 14.8 Å². The average molecular weight is 251 g/mol. The molecule has 16 heavy (non-hydrogen) atoms. The molecular weight excluding hydrogens is 234 g/mol. The van der Waals surface area contributed by atoms with Crippen LogP contribution >= 0.6 is 0 Å². The molecular formula is C9H17NO5S. The number of carboxylic acid groups (broad SMARTS) is 1. The average Bonchev–Trinajstić information content (AvgIpc) is 2.45. The lowest BCUT2D eigenvalue weighted by Gasteiger charge is -2.21. The van der Waals surface area contributed by atoms with Gasteiger partial charge in [0.05, 0.1) is 11.9 Å². The largest absolute Gasteiger partial charge is 0.480 e. The molecule has 1 rings (SSSR count). The summed E-state index contributed by atoms with van der Waals surface area (Å²) in [6.07, 6.45) is -0.921. The van der Waals surface area contributed by atoms with E-state index in [1.54, 1.807) is 13.8 Å². The van der Waals surface area contributed by atoms with E-state index in [-0.39, 0.29) is 24.6 Å². The minimum absolute atomic E-state index is 0.0351. The second kappa shape index (κ2) is 4.68. The molecule has 1 aliphatic heterocycles. The van der Waals surface area contributed by atoms with Gasteiger partial charge in [0, 0.05) is 13.0 Å². The zero-order valence-electron chi connectivity index (χ0n) is 9.33. The fourth-order valence-electron chi connectivity index (χ4n) is 1.83. The van der Waals surface area contributed by atoms with Gasteiger partial charge in [0.1, 0.15) is 6.04 Å². The summed E-state index contributed by atoms with van der Waals surface area (Å²) in [6, 6.07) is -1.13. The standard InChI is InChI=1S/C9H17NO5S/c1-6(2)5-16(14,15)10-4-7(11)3-8(10)9(12)13/h6-8,11H,3-5H2,1-2H3,(H,12,13). The van der Waals surface area contributed by atoms with E-state index in [9.17, 15) is 18.3 Å². The van der Waals surface area contributed by atoms with Crippen LogP contribution in [0.15, 0.2) is 0 Å². The molecule has 2 unspecified atom stereocenters. The lowest BCUT2D eigenvalue weighted by atomic mass is 10.2. The van der Waals surface area contributed by atoms with Crippen molar-refractivity contribution in [1.29, 1.82) is 0 Å². The number of carboxylic acids is 1. The lowest BCUT2D eigenvalue weighted by molar-refractivity contribution is -0.140. The van der Waals surface area contributed by atoms with E-state index < -0.39 is 28.1 Å². The molecule has 0 aromatic carbocycles. The minimum Gasteiger partial charge on any atom is -0.480 e. The molecule has 1 aliphatic rings. The Labute approximate surface area is 94.9 Å². The summed E-state index contributed by atoms with van der Waals surface area (Å²) < 4.78 is 24.6. The number of aliphatic hydroxyl groups excluding tert-OH is 1. The van der Waals surface area contributed by atoms with Crippen molar-refractivity contribution in [2.24, 2.45) is 5.92 Å². The highest BCUT2D eigenvalue weighted by Crippen LogP contribution is 2.23. The Morgan fingerprint density at radius 2 is 2.06 bits per heavy atom. The van der Waals surface area contributed by atoms with Crippen molar-refractivity contribution in [1.82, 2.24) is 4.31 Å². The molecule has 0 aromatic heterocycles. The summed E-state index contributed by atoms with van der Waals surface area (Å²) >= 11 is 0. The van der Waals surface area contributed by atoms with E-state index >= 15 is 0 Å². The third-order valence-electron chi connectivity index (χ3n) is 2.42. The predicted octanol–water partition coefficient (Wildman–Crippen LogP) is -0.508. The summed E-state index contributed by atoms with van der Waals surface area (Å²) in [6.45, 7) is 3.38. The topological polar surface area (TPSA) is 94.9 Å². The molecule has 6 nitrogen and oxygen atoms in total. The molecule has 0 radical (unpaired) electrons. The number of hydrogen-bond donors (Lipinski definition) is 2. The van der Waals surface area contributed by atoms with Gasteiger partial charge >= 0.3 is 5.97 Å². The van der Waals surface area contributed by atoms with E-state index in [2.05, 4.69) is 0 Å². The molecule has 2 N–H and O–H groups in total. The van der Waals surface area contributed by atoms with Crippen LogP contribution in [0.25, 0.3) is 0 Å². The SMILES string of the molecule is CC(C)CS(=O)(=O)N1CC(O)CC1C(=O)O. The van der Waals surface area contributed by atoms with Crippen LogP contribution in [0.5, 0.6) is 0 Å². The van der Waals surface area contributed by atoms with Crippen LogP contribution in [0.3, 0.4) is 0 Å². The Hall–Kier alpha value is -0.660. The van der Waals surface area contributed by atoms with E-state index in [0.29, 0.717) is 0 Å². The number of aliphatic carboxylic acids is 1. The number of rotatable bonds is 4. The second-order valence-electron chi connectivity index (χ2n) is 4.49. The summed E-state index contributed by atoms with van der Waals surface area (Å²) in [5.74, 6) is -1.37.